The van der Waals surface area contributed by atoms with Crippen LogP contribution in [-0.2, 0) is 22.3 Å². The zero-order chi connectivity index (χ0) is 27.1. The first-order valence-electron chi connectivity index (χ1n) is 12.1. The summed E-state index contributed by atoms with van der Waals surface area (Å²) in [5.74, 6) is -0.196. The van der Waals surface area contributed by atoms with Crippen molar-refractivity contribution in [3.8, 4) is 10.6 Å². The van der Waals surface area contributed by atoms with Crippen molar-refractivity contribution in [3.05, 3.63) is 65.2 Å². The number of urea groups is 1. The van der Waals surface area contributed by atoms with Gasteiger partial charge in [0.1, 0.15) is 5.01 Å². The maximum Gasteiger partial charge on any atom is 0.418 e. The predicted octanol–water partition coefficient (Wildman–Crippen LogP) is 5.15. The molecule has 3 aromatic rings. The summed E-state index contributed by atoms with van der Waals surface area (Å²) in [4.78, 5) is 33.1. The number of aromatic nitrogens is 1. The molecule has 4 rings (SSSR count). The van der Waals surface area contributed by atoms with Crippen LogP contribution in [0.1, 0.15) is 18.2 Å². The zero-order valence-electron chi connectivity index (χ0n) is 20.8. The summed E-state index contributed by atoms with van der Waals surface area (Å²) in [5.41, 5.74) is 1.03. The molecule has 2 N–H and O–H groups in total. The summed E-state index contributed by atoms with van der Waals surface area (Å²) in [6.45, 7) is 6.47. The Morgan fingerprint density at radius 2 is 1.68 bits per heavy atom. The van der Waals surface area contributed by atoms with Crippen molar-refractivity contribution in [2.45, 2.75) is 19.6 Å². The molecule has 2 heterocycles. The van der Waals surface area contributed by atoms with Gasteiger partial charge in [-0.25, -0.2) is 9.78 Å². The second-order valence-corrected chi connectivity index (χ2v) is 9.56. The molecule has 0 radical (unpaired) electrons. The van der Waals surface area contributed by atoms with Crippen LogP contribution in [0.15, 0.2) is 53.9 Å². The largest absolute Gasteiger partial charge is 0.465 e. The van der Waals surface area contributed by atoms with Gasteiger partial charge in [0.25, 0.3) is 0 Å². The minimum Gasteiger partial charge on any atom is -0.465 e. The van der Waals surface area contributed by atoms with Crippen molar-refractivity contribution in [2.75, 3.05) is 50.0 Å². The second kappa shape index (κ2) is 12.4. The van der Waals surface area contributed by atoms with Crippen LogP contribution >= 0.6 is 11.3 Å². The van der Waals surface area contributed by atoms with Crippen molar-refractivity contribution in [1.29, 1.82) is 0 Å². The highest BCUT2D eigenvalue weighted by atomic mass is 32.1. The number of rotatable bonds is 8. The molecule has 2 aromatic carbocycles. The number of amides is 2. The average molecular weight is 548 g/mol. The van der Waals surface area contributed by atoms with Crippen LogP contribution in [-0.4, -0.2) is 66.1 Å². The Labute approximate surface area is 222 Å². The van der Waals surface area contributed by atoms with E-state index >= 15 is 0 Å². The van der Waals surface area contributed by atoms with Gasteiger partial charge >= 0.3 is 18.2 Å². The summed E-state index contributed by atoms with van der Waals surface area (Å²) >= 11 is 1.52. The van der Waals surface area contributed by atoms with Gasteiger partial charge in [-0.1, -0.05) is 12.1 Å². The number of hydrogen-bond donors (Lipinski definition) is 2. The van der Waals surface area contributed by atoms with Crippen LogP contribution in [0, 0.1) is 0 Å². The number of hydrogen-bond acceptors (Lipinski definition) is 7. The molecule has 0 aliphatic carbocycles. The van der Waals surface area contributed by atoms with Crippen LogP contribution in [0.2, 0.25) is 0 Å². The van der Waals surface area contributed by atoms with Gasteiger partial charge in [-0.05, 0) is 43.3 Å². The molecule has 1 aromatic heterocycles. The third-order valence-corrected chi connectivity index (χ3v) is 6.87. The Hall–Kier alpha value is -3.48. The summed E-state index contributed by atoms with van der Waals surface area (Å²) in [7, 11) is 0. The predicted molar refractivity (Wildman–Crippen MR) is 140 cm³/mol. The molecule has 1 aliphatic heterocycles. The van der Waals surface area contributed by atoms with E-state index in [0.717, 1.165) is 48.5 Å². The number of esters is 1. The van der Waals surface area contributed by atoms with Gasteiger partial charge in [-0.15, -0.1) is 11.3 Å². The SMILES string of the molecule is CCOC(=O)CN1CCN(Cc2csc(-c3ccc(NC(=O)Nc4ccccc4C(F)(F)F)cc3)n2)CC1. The van der Waals surface area contributed by atoms with E-state index in [1.54, 1.807) is 31.2 Å². The van der Waals surface area contributed by atoms with E-state index in [1.807, 2.05) is 5.38 Å². The standard InChI is InChI=1S/C26H28F3N5O3S/c1-2-37-23(35)16-34-13-11-33(12-14-34)15-20-17-38-24(30-20)18-7-9-19(10-8-18)31-25(36)32-22-6-4-3-5-21(22)26(27,28)29/h3-10,17H,2,11-16H2,1H3,(H2,31,32,36). The Bertz CT molecular complexity index is 1240. The second-order valence-electron chi connectivity index (χ2n) is 8.70. The molecule has 8 nitrogen and oxygen atoms in total. The fourth-order valence-corrected chi connectivity index (χ4v) is 4.87. The van der Waals surface area contributed by atoms with Gasteiger partial charge in [-0.2, -0.15) is 13.2 Å². The number of nitrogens with zero attached hydrogens (tertiary/aromatic N) is 3. The Morgan fingerprint density at radius 1 is 1.00 bits per heavy atom. The van der Waals surface area contributed by atoms with E-state index < -0.39 is 17.8 Å². The first kappa shape index (κ1) is 27.6. The lowest BCUT2D eigenvalue weighted by molar-refractivity contribution is -0.145. The molecule has 38 heavy (non-hydrogen) atoms. The molecule has 0 saturated carbocycles. The summed E-state index contributed by atoms with van der Waals surface area (Å²) in [6.07, 6.45) is -4.57. The smallest absolute Gasteiger partial charge is 0.418 e. The van der Waals surface area contributed by atoms with Gasteiger partial charge in [0, 0.05) is 49.4 Å². The topological polar surface area (TPSA) is 86.8 Å². The van der Waals surface area contributed by atoms with Crippen LogP contribution in [0.3, 0.4) is 0 Å². The number of halogens is 3. The number of ether oxygens (including phenoxy) is 1. The molecule has 0 bridgehead atoms. The fourth-order valence-electron chi connectivity index (χ4n) is 4.06. The number of alkyl halides is 3. The van der Waals surface area contributed by atoms with Gasteiger partial charge in [-0.3, -0.25) is 14.6 Å². The van der Waals surface area contributed by atoms with Gasteiger partial charge < -0.3 is 15.4 Å². The number of anilines is 2. The molecule has 202 valence electrons. The molecule has 2 amide bonds. The highest BCUT2D eigenvalue weighted by Crippen LogP contribution is 2.34. The van der Waals surface area contributed by atoms with E-state index in [4.69, 9.17) is 9.72 Å². The van der Waals surface area contributed by atoms with Crippen LogP contribution in [0.4, 0.5) is 29.3 Å². The van der Waals surface area contributed by atoms with E-state index in [-0.39, 0.29) is 11.7 Å². The first-order chi connectivity index (χ1) is 18.2. The normalized spacial score (nSPS) is 14.7. The van der Waals surface area contributed by atoms with E-state index in [9.17, 15) is 22.8 Å². The molecular formula is C26H28F3N5O3S. The molecule has 1 aliphatic rings. The molecule has 1 fully saturated rings. The van der Waals surface area contributed by atoms with Crippen molar-refractivity contribution < 1.29 is 27.5 Å². The lowest BCUT2D eigenvalue weighted by atomic mass is 10.1. The van der Waals surface area contributed by atoms with Crippen molar-refractivity contribution in [3.63, 3.8) is 0 Å². The molecule has 12 heteroatoms. The van der Waals surface area contributed by atoms with Crippen LogP contribution < -0.4 is 10.6 Å². The van der Waals surface area contributed by atoms with Crippen molar-refractivity contribution in [2.24, 2.45) is 0 Å². The van der Waals surface area contributed by atoms with Crippen LogP contribution in [0.25, 0.3) is 10.6 Å². The van der Waals surface area contributed by atoms with E-state index in [0.29, 0.717) is 25.4 Å². The van der Waals surface area contributed by atoms with E-state index in [2.05, 4.69) is 20.4 Å². The Balaban J connectivity index is 1.28. The highest BCUT2D eigenvalue weighted by Gasteiger charge is 2.33. The quantitative estimate of drug-likeness (QED) is 0.379. The number of nitrogens with one attached hydrogen (secondary N) is 2. The number of benzene rings is 2. The Kier molecular flexibility index (Phi) is 8.97. The fraction of sp³-hybridized carbons (Fsp3) is 0.346. The summed E-state index contributed by atoms with van der Waals surface area (Å²) in [6, 6.07) is 11.0. The molecular weight excluding hydrogens is 519 g/mol. The third-order valence-electron chi connectivity index (χ3n) is 5.93. The minimum absolute atomic E-state index is 0.196. The number of carbonyl (C=O) groups excluding carboxylic acids is 2. The van der Waals surface area contributed by atoms with E-state index in [1.165, 1.54) is 29.5 Å². The van der Waals surface area contributed by atoms with Gasteiger partial charge in [0.2, 0.25) is 0 Å². The summed E-state index contributed by atoms with van der Waals surface area (Å²) in [5, 5.41) is 7.66. The van der Waals surface area contributed by atoms with Gasteiger partial charge in [0.05, 0.1) is 30.1 Å². The number of piperazine rings is 1. The zero-order valence-corrected chi connectivity index (χ0v) is 21.6. The summed E-state index contributed by atoms with van der Waals surface area (Å²) < 4.78 is 44.5. The molecule has 0 unspecified atom stereocenters. The maximum absolute atomic E-state index is 13.1. The molecule has 0 spiro atoms. The first-order valence-corrected chi connectivity index (χ1v) is 13.0. The average Bonchev–Trinajstić information content (AvgIpc) is 3.34. The van der Waals surface area contributed by atoms with Crippen molar-refractivity contribution in [1.82, 2.24) is 14.8 Å². The minimum atomic E-state index is -4.57. The lowest BCUT2D eigenvalue weighted by Crippen LogP contribution is -2.47. The number of para-hydroxylation sites is 1. The van der Waals surface area contributed by atoms with Crippen molar-refractivity contribution >= 4 is 34.7 Å². The lowest BCUT2D eigenvalue weighted by Gasteiger charge is -2.33. The molecule has 1 saturated heterocycles. The highest BCUT2D eigenvalue weighted by molar-refractivity contribution is 7.13. The van der Waals surface area contributed by atoms with Gasteiger partial charge in [0.15, 0.2) is 0 Å². The number of thiazole rings is 1. The maximum atomic E-state index is 13.1. The molecule has 0 atom stereocenters. The monoisotopic (exact) mass is 547 g/mol. The number of carbonyl (C=O) groups is 2. The Morgan fingerprint density at radius 3 is 2.37 bits per heavy atom. The third kappa shape index (κ3) is 7.53. The van der Waals surface area contributed by atoms with Crippen LogP contribution in [0.5, 0.6) is 0 Å².